The standard InChI is InChI=1S/C25H29N3O/c1-16(2)13-23(28-24-12-11-21(15-27-24)25(26)29)20-9-7-19(8-10-20)22-14-17(3)5-6-18(22)4/h5-12,14-16,23H,13H2,1-4H3,(H2,26,29)(H,27,28). The van der Waals surface area contributed by atoms with Crippen LogP contribution >= 0.6 is 0 Å². The topological polar surface area (TPSA) is 68.0 Å². The molecule has 0 aliphatic rings. The number of hydrogen-bond donors (Lipinski definition) is 2. The third-order valence-corrected chi connectivity index (χ3v) is 5.09. The molecule has 0 spiro atoms. The van der Waals surface area contributed by atoms with E-state index in [1.807, 2.05) is 0 Å². The zero-order valence-electron chi connectivity index (χ0n) is 17.6. The predicted molar refractivity (Wildman–Crippen MR) is 120 cm³/mol. The molecule has 150 valence electrons. The highest BCUT2D eigenvalue weighted by atomic mass is 16.1. The number of carbonyl (C=O) groups is 1. The van der Waals surface area contributed by atoms with Gasteiger partial charge in [0.15, 0.2) is 0 Å². The summed E-state index contributed by atoms with van der Waals surface area (Å²) in [7, 11) is 0. The van der Waals surface area contributed by atoms with E-state index >= 15 is 0 Å². The number of hydrogen-bond acceptors (Lipinski definition) is 3. The number of nitrogens with two attached hydrogens (primary N) is 1. The van der Waals surface area contributed by atoms with Gasteiger partial charge < -0.3 is 11.1 Å². The number of nitrogens with zero attached hydrogens (tertiary/aromatic N) is 1. The lowest BCUT2D eigenvalue weighted by Crippen LogP contribution is -2.15. The monoisotopic (exact) mass is 387 g/mol. The fraction of sp³-hybridized carbons (Fsp3) is 0.280. The van der Waals surface area contributed by atoms with E-state index in [-0.39, 0.29) is 6.04 Å². The van der Waals surface area contributed by atoms with Crippen LogP contribution in [-0.4, -0.2) is 10.9 Å². The van der Waals surface area contributed by atoms with E-state index in [4.69, 9.17) is 5.73 Å². The SMILES string of the molecule is Cc1ccc(C)c(-c2ccc(C(CC(C)C)Nc3ccc(C(N)=O)cn3)cc2)c1. The van der Waals surface area contributed by atoms with Crippen molar-refractivity contribution in [1.29, 1.82) is 0 Å². The van der Waals surface area contributed by atoms with Gasteiger partial charge >= 0.3 is 0 Å². The summed E-state index contributed by atoms with van der Waals surface area (Å²) in [6.07, 6.45) is 2.49. The summed E-state index contributed by atoms with van der Waals surface area (Å²) >= 11 is 0. The molecule has 1 amide bonds. The minimum atomic E-state index is -0.468. The quantitative estimate of drug-likeness (QED) is 0.549. The van der Waals surface area contributed by atoms with E-state index in [0.29, 0.717) is 11.5 Å². The summed E-state index contributed by atoms with van der Waals surface area (Å²) in [4.78, 5) is 15.6. The van der Waals surface area contributed by atoms with E-state index in [9.17, 15) is 4.79 Å². The molecule has 29 heavy (non-hydrogen) atoms. The minimum absolute atomic E-state index is 0.134. The Morgan fingerprint density at radius 1 is 1.03 bits per heavy atom. The molecule has 0 bridgehead atoms. The fourth-order valence-electron chi connectivity index (χ4n) is 3.50. The Hall–Kier alpha value is -3.14. The maximum absolute atomic E-state index is 11.3. The molecule has 0 radical (unpaired) electrons. The van der Waals surface area contributed by atoms with E-state index in [1.165, 1.54) is 34.0 Å². The van der Waals surface area contributed by atoms with Crippen LogP contribution in [0.3, 0.4) is 0 Å². The maximum Gasteiger partial charge on any atom is 0.250 e. The summed E-state index contributed by atoms with van der Waals surface area (Å²) in [6.45, 7) is 8.69. The van der Waals surface area contributed by atoms with Crippen molar-refractivity contribution in [2.24, 2.45) is 11.7 Å². The first-order valence-corrected chi connectivity index (χ1v) is 10.0. The molecule has 0 saturated heterocycles. The molecule has 0 aliphatic carbocycles. The van der Waals surface area contributed by atoms with Crippen LogP contribution in [0.1, 0.15) is 53.4 Å². The first kappa shape index (κ1) is 20.6. The lowest BCUT2D eigenvalue weighted by molar-refractivity contribution is 0.1000. The zero-order chi connectivity index (χ0) is 21.0. The van der Waals surface area contributed by atoms with Gasteiger partial charge in [-0.2, -0.15) is 0 Å². The Morgan fingerprint density at radius 3 is 2.34 bits per heavy atom. The Bertz CT molecular complexity index is 976. The number of carbonyl (C=O) groups excluding carboxylic acids is 1. The van der Waals surface area contributed by atoms with Crippen LogP contribution in [0.5, 0.6) is 0 Å². The molecule has 1 aromatic heterocycles. The van der Waals surface area contributed by atoms with Crippen molar-refractivity contribution in [2.45, 2.75) is 40.2 Å². The number of aromatic nitrogens is 1. The maximum atomic E-state index is 11.3. The van der Waals surface area contributed by atoms with Crippen LogP contribution < -0.4 is 11.1 Å². The lowest BCUT2D eigenvalue weighted by atomic mass is 9.93. The molecule has 4 nitrogen and oxygen atoms in total. The number of anilines is 1. The van der Waals surface area contributed by atoms with Crippen molar-refractivity contribution in [3.8, 4) is 11.1 Å². The van der Waals surface area contributed by atoms with Gasteiger partial charge in [-0.1, -0.05) is 61.9 Å². The first-order valence-electron chi connectivity index (χ1n) is 10.0. The third-order valence-electron chi connectivity index (χ3n) is 5.09. The summed E-state index contributed by atoms with van der Waals surface area (Å²) in [5.41, 5.74) is 12.0. The molecule has 2 aromatic carbocycles. The van der Waals surface area contributed by atoms with Gasteiger partial charge in [-0.15, -0.1) is 0 Å². The molecule has 4 heteroatoms. The minimum Gasteiger partial charge on any atom is -0.366 e. The van der Waals surface area contributed by atoms with E-state index in [1.54, 1.807) is 12.1 Å². The first-order chi connectivity index (χ1) is 13.8. The van der Waals surface area contributed by atoms with Crippen LogP contribution in [0.4, 0.5) is 5.82 Å². The number of rotatable bonds is 7. The molecule has 0 aliphatic heterocycles. The Labute approximate surface area is 173 Å². The highest BCUT2D eigenvalue weighted by molar-refractivity contribution is 5.92. The van der Waals surface area contributed by atoms with Crippen LogP contribution in [0.2, 0.25) is 0 Å². The summed E-state index contributed by atoms with van der Waals surface area (Å²) < 4.78 is 0. The second-order valence-electron chi connectivity index (χ2n) is 8.06. The van der Waals surface area contributed by atoms with Gasteiger partial charge in [0.1, 0.15) is 5.82 Å². The van der Waals surface area contributed by atoms with Gasteiger partial charge in [0.05, 0.1) is 11.6 Å². The summed E-state index contributed by atoms with van der Waals surface area (Å²) in [6, 6.07) is 18.9. The van der Waals surface area contributed by atoms with Gasteiger partial charge in [-0.3, -0.25) is 4.79 Å². The van der Waals surface area contributed by atoms with Crippen molar-refractivity contribution in [2.75, 3.05) is 5.32 Å². The molecule has 0 fully saturated rings. The van der Waals surface area contributed by atoms with Crippen LogP contribution in [0.15, 0.2) is 60.8 Å². The predicted octanol–water partition coefficient (Wildman–Crippen LogP) is 5.66. The van der Waals surface area contributed by atoms with Crippen molar-refractivity contribution < 1.29 is 4.79 Å². The van der Waals surface area contributed by atoms with E-state index in [0.717, 1.165) is 12.2 Å². The van der Waals surface area contributed by atoms with Crippen LogP contribution in [0, 0.1) is 19.8 Å². The van der Waals surface area contributed by atoms with Crippen molar-refractivity contribution >= 4 is 11.7 Å². The van der Waals surface area contributed by atoms with E-state index in [2.05, 4.69) is 80.5 Å². The Morgan fingerprint density at radius 2 is 1.76 bits per heavy atom. The van der Waals surface area contributed by atoms with Gasteiger partial charge in [0.2, 0.25) is 5.91 Å². The lowest BCUT2D eigenvalue weighted by Gasteiger charge is -2.22. The Kier molecular flexibility index (Phi) is 6.32. The van der Waals surface area contributed by atoms with Crippen molar-refractivity contribution in [3.63, 3.8) is 0 Å². The van der Waals surface area contributed by atoms with Crippen LogP contribution in [0.25, 0.3) is 11.1 Å². The smallest absolute Gasteiger partial charge is 0.250 e. The number of pyridine rings is 1. The second-order valence-corrected chi connectivity index (χ2v) is 8.06. The number of benzene rings is 2. The van der Waals surface area contributed by atoms with Gasteiger partial charge in [-0.25, -0.2) is 4.98 Å². The summed E-state index contributed by atoms with van der Waals surface area (Å²) in [5, 5.41) is 3.51. The molecule has 3 N–H and O–H groups in total. The molecule has 1 heterocycles. The molecule has 1 unspecified atom stereocenters. The van der Waals surface area contributed by atoms with Gasteiger partial charge in [0.25, 0.3) is 0 Å². The highest BCUT2D eigenvalue weighted by Crippen LogP contribution is 2.29. The normalized spacial score (nSPS) is 12.0. The summed E-state index contributed by atoms with van der Waals surface area (Å²) in [5.74, 6) is 0.792. The number of primary amides is 1. The average Bonchev–Trinajstić information content (AvgIpc) is 2.69. The Balaban J connectivity index is 1.85. The highest BCUT2D eigenvalue weighted by Gasteiger charge is 2.15. The largest absolute Gasteiger partial charge is 0.366 e. The van der Waals surface area contributed by atoms with Crippen molar-refractivity contribution in [3.05, 3.63) is 83.0 Å². The number of aryl methyl sites for hydroxylation is 2. The van der Waals surface area contributed by atoms with Gasteiger partial charge in [0, 0.05) is 6.20 Å². The zero-order valence-corrected chi connectivity index (χ0v) is 17.6. The van der Waals surface area contributed by atoms with Crippen molar-refractivity contribution in [1.82, 2.24) is 4.98 Å². The number of nitrogens with one attached hydrogen (secondary N) is 1. The van der Waals surface area contributed by atoms with E-state index < -0.39 is 5.91 Å². The average molecular weight is 388 g/mol. The molecule has 3 rings (SSSR count). The second kappa shape index (κ2) is 8.91. The fourth-order valence-corrected chi connectivity index (χ4v) is 3.50. The molecule has 3 aromatic rings. The molecular formula is C25H29N3O. The number of amides is 1. The third kappa shape index (κ3) is 5.23. The van der Waals surface area contributed by atoms with Gasteiger partial charge in [-0.05, 0) is 60.6 Å². The molecule has 1 atom stereocenters. The molecule has 0 saturated carbocycles. The molecular weight excluding hydrogens is 358 g/mol. The van der Waals surface area contributed by atoms with Crippen LogP contribution in [-0.2, 0) is 0 Å².